The van der Waals surface area contributed by atoms with Crippen molar-refractivity contribution in [1.29, 1.82) is 0 Å². The molecule has 9 heteroatoms. The zero-order valence-electron chi connectivity index (χ0n) is 21.1. The molecule has 0 bridgehead atoms. The molecule has 0 saturated carbocycles. The first-order valence-corrected chi connectivity index (χ1v) is 12.7. The number of ether oxygens (including phenoxy) is 1. The van der Waals surface area contributed by atoms with Gasteiger partial charge in [-0.25, -0.2) is 4.79 Å². The van der Waals surface area contributed by atoms with E-state index in [9.17, 15) is 14.4 Å². The first-order chi connectivity index (χ1) is 19.4. The van der Waals surface area contributed by atoms with Crippen LogP contribution in [-0.2, 0) is 13.2 Å². The van der Waals surface area contributed by atoms with E-state index in [0.717, 1.165) is 11.1 Å². The number of halogens is 1. The number of hydrogen-bond donors (Lipinski definition) is 3. The van der Waals surface area contributed by atoms with E-state index in [1.165, 1.54) is 6.07 Å². The van der Waals surface area contributed by atoms with Crippen LogP contribution in [0.25, 0.3) is 11.0 Å². The van der Waals surface area contributed by atoms with E-state index >= 15 is 0 Å². The molecule has 0 spiro atoms. The maximum atomic E-state index is 12.8. The van der Waals surface area contributed by atoms with E-state index < -0.39 is 11.5 Å². The standard InChI is InChI=1S/C31H24ClN3O5/c32-23-12-7-20(8-13-23)18-39-24-14-11-22-15-25(31(38)40-28(22)16-24)30(37)34-17-19-5-9-21(10-6-19)29(36)35-27-4-2-1-3-26(27)33/h1-16H,17-18,33H2,(H,34,37)(H,35,36). The van der Waals surface area contributed by atoms with Gasteiger partial charge in [0.1, 0.15) is 23.5 Å². The number of nitrogens with one attached hydrogen (secondary N) is 2. The summed E-state index contributed by atoms with van der Waals surface area (Å²) in [5.41, 5.74) is 8.43. The molecule has 5 aromatic rings. The number of hydrogen-bond acceptors (Lipinski definition) is 6. The number of carbonyl (C=O) groups excluding carboxylic acids is 2. The van der Waals surface area contributed by atoms with Crippen LogP contribution in [0.4, 0.5) is 11.4 Å². The van der Waals surface area contributed by atoms with E-state index in [4.69, 9.17) is 26.5 Å². The van der Waals surface area contributed by atoms with Gasteiger partial charge in [-0.05, 0) is 65.7 Å². The monoisotopic (exact) mass is 553 g/mol. The van der Waals surface area contributed by atoms with Crippen molar-refractivity contribution in [1.82, 2.24) is 5.32 Å². The number of rotatable bonds is 8. The fourth-order valence-electron chi connectivity index (χ4n) is 3.94. The molecular weight excluding hydrogens is 530 g/mol. The van der Waals surface area contributed by atoms with Gasteiger partial charge in [-0.1, -0.05) is 48.0 Å². The summed E-state index contributed by atoms with van der Waals surface area (Å²) in [6, 6.07) is 27.6. The summed E-state index contributed by atoms with van der Waals surface area (Å²) in [4.78, 5) is 37.8. The Morgan fingerprint density at radius 1 is 0.850 bits per heavy atom. The first kappa shape index (κ1) is 26.5. The number of para-hydroxylation sites is 2. The molecule has 1 aromatic heterocycles. The Kier molecular flexibility index (Phi) is 7.80. The topological polar surface area (TPSA) is 124 Å². The third-order valence-electron chi connectivity index (χ3n) is 6.15. The summed E-state index contributed by atoms with van der Waals surface area (Å²) >= 11 is 5.91. The van der Waals surface area contributed by atoms with Crippen LogP contribution in [0.2, 0.25) is 5.02 Å². The van der Waals surface area contributed by atoms with Crippen LogP contribution in [0, 0.1) is 0 Å². The third kappa shape index (κ3) is 6.31. The minimum atomic E-state index is -0.757. The molecule has 0 aliphatic heterocycles. The lowest BCUT2D eigenvalue weighted by Gasteiger charge is -2.09. The molecule has 40 heavy (non-hydrogen) atoms. The fourth-order valence-corrected chi connectivity index (χ4v) is 4.07. The van der Waals surface area contributed by atoms with Crippen LogP contribution >= 0.6 is 11.6 Å². The Bertz CT molecular complexity index is 1750. The highest BCUT2D eigenvalue weighted by molar-refractivity contribution is 6.30. The third-order valence-corrected chi connectivity index (χ3v) is 6.40. The molecule has 0 atom stereocenters. The molecule has 4 aromatic carbocycles. The average Bonchev–Trinajstić information content (AvgIpc) is 2.96. The molecule has 1 heterocycles. The van der Waals surface area contributed by atoms with Crippen molar-refractivity contribution in [2.24, 2.45) is 0 Å². The molecular formula is C31H24ClN3O5. The Morgan fingerprint density at radius 3 is 2.33 bits per heavy atom. The lowest BCUT2D eigenvalue weighted by atomic mass is 10.1. The second kappa shape index (κ2) is 11.8. The summed E-state index contributed by atoms with van der Waals surface area (Å²) < 4.78 is 11.2. The van der Waals surface area contributed by atoms with Crippen LogP contribution in [-0.4, -0.2) is 11.8 Å². The number of benzene rings is 4. The maximum Gasteiger partial charge on any atom is 0.349 e. The van der Waals surface area contributed by atoms with E-state index in [1.807, 2.05) is 12.1 Å². The van der Waals surface area contributed by atoms with Crippen molar-refractivity contribution in [3.63, 3.8) is 0 Å². The summed E-state index contributed by atoms with van der Waals surface area (Å²) in [6.45, 7) is 0.474. The Labute approximate surface area is 234 Å². The summed E-state index contributed by atoms with van der Waals surface area (Å²) in [5.74, 6) is -0.354. The first-order valence-electron chi connectivity index (χ1n) is 12.3. The number of nitrogen functional groups attached to an aromatic ring is 1. The number of carbonyl (C=O) groups is 2. The minimum Gasteiger partial charge on any atom is -0.489 e. The fraction of sp³-hybridized carbons (Fsp3) is 0.0645. The summed E-state index contributed by atoms with van der Waals surface area (Å²) in [5, 5.41) is 6.71. The van der Waals surface area contributed by atoms with Crippen LogP contribution < -0.4 is 26.7 Å². The summed E-state index contributed by atoms with van der Waals surface area (Å²) in [6.07, 6.45) is 0. The molecule has 5 rings (SSSR count). The number of fused-ring (bicyclic) bond motifs is 1. The molecule has 0 aliphatic carbocycles. The molecule has 8 nitrogen and oxygen atoms in total. The molecule has 2 amide bonds. The molecule has 4 N–H and O–H groups in total. The summed E-state index contributed by atoms with van der Waals surface area (Å²) in [7, 11) is 0. The van der Waals surface area contributed by atoms with Crippen molar-refractivity contribution in [3.8, 4) is 5.75 Å². The van der Waals surface area contributed by atoms with Crippen molar-refractivity contribution in [2.75, 3.05) is 11.1 Å². The van der Waals surface area contributed by atoms with Gasteiger partial charge >= 0.3 is 5.63 Å². The molecule has 0 aliphatic rings. The lowest BCUT2D eigenvalue weighted by molar-refractivity contribution is 0.0946. The SMILES string of the molecule is Nc1ccccc1NC(=O)c1ccc(CNC(=O)c2cc3ccc(OCc4ccc(Cl)cc4)cc3oc2=O)cc1. The van der Waals surface area contributed by atoms with E-state index in [2.05, 4.69) is 10.6 Å². The highest BCUT2D eigenvalue weighted by Gasteiger charge is 2.15. The van der Waals surface area contributed by atoms with Gasteiger partial charge in [-0.3, -0.25) is 9.59 Å². The van der Waals surface area contributed by atoms with Crippen molar-refractivity contribution >= 4 is 45.8 Å². The van der Waals surface area contributed by atoms with Gasteiger partial charge < -0.3 is 25.5 Å². The van der Waals surface area contributed by atoms with Crippen LogP contribution in [0.1, 0.15) is 31.8 Å². The van der Waals surface area contributed by atoms with Crippen LogP contribution in [0.15, 0.2) is 106 Å². The van der Waals surface area contributed by atoms with Crippen LogP contribution in [0.5, 0.6) is 5.75 Å². The number of anilines is 2. The minimum absolute atomic E-state index is 0.112. The molecule has 0 radical (unpaired) electrons. The van der Waals surface area contributed by atoms with Gasteiger partial charge in [-0.2, -0.15) is 0 Å². The molecule has 200 valence electrons. The average molecular weight is 554 g/mol. The molecule has 0 saturated heterocycles. The lowest BCUT2D eigenvalue weighted by Crippen LogP contribution is -2.27. The Morgan fingerprint density at radius 2 is 1.57 bits per heavy atom. The van der Waals surface area contributed by atoms with E-state index in [-0.39, 0.29) is 18.0 Å². The Hall–Kier alpha value is -5.08. The highest BCUT2D eigenvalue weighted by Crippen LogP contribution is 2.22. The zero-order valence-corrected chi connectivity index (χ0v) is 21.9. The van der Waals surface area contributed by atoms with Crippen molar-refractivity contribution in [3.05, 3.63) is 135 Å². The zero-order chi connectivity index (χ0) is 28.1. The maximum absolute atomic E-state index is 12.8. The van der Waals surface area contributed by atoms with Gasteiger partial charge in [-0.15, -0.1) is 0 Å². The highest BCUT2D eigenvalue weighted by atomic mass is 35.5. The van der Waals surface area contributed by atoms with Gasteiger partial charge in [0.05, 0.1) is 11.4 Å². The Balaban J connectivity index is 1.20. The molecule has 0 fully saturated rings. The van der Waals surface area contributed by atoms with Crippen molar-refractivity contribution in [2.45, 2.75) is 13.2 Å². The van der Waals surface area contributed by atoms with Crippen LogP contribution in [0.3, 0.4) is 0 Å². The van der Waals surface area contributed by atoms with Gasteiger partial charge in [0.15, 0.2) is 0 Å². The number of amides is 2. The van der Waals surface area contributed by atoms with Crippen molar-refractivity contribution < 1.29 is 18.7 Å². The van der Waals surface area contributed by atoms with E-state index in [0.29, 0.717) is 45.3 Å². The van der Waals surface area contributed by atoms with Gasteiger partial charge in [0.25, 0.3) is 11.8 Å². The molecule has 0 unspecified atom stereocenters. The number of nitrogens with two attached hydrogens (primary N) is 1. The van der Waals surface area contributed by atoms with Gasteiger partial charge in [0, 0.05) is 28.6 Å². The van der Waals surface area contributed by atoms with E-state index in [1.54, 1.807) is 78.9 Å². The second-order valence-electron chi connectivity index (χ2n) is 8.98. The predicted octanol–water partition coefficient (Wildman–Crippen LogP) is 5.79. The predicted molar refractivity (Wildman–Crippen MR) is 155 cm³/mol. The largest absolute Gasteiger partial charge is 0.489 e. The smallest absolute Gasteiger partial charge is 0.349 e. The normalized spacial score (nSPS) is 10.7. The second-order valence-corrected chi connectivity index (χ2v) is 9.42. The quantitative estimate of drug-likeness (QED) is 0.165. The van der Waals surface area contributed by atoms with Gasteiger partial charge in [0.2, 0.25) is 0 Å².